The molecule has 1 aliphatic heterocycles. The average Bonchev–Trinajstić information content (AvgIpc) is 3.00. The lowest BCUT2D eigenvalue weighted by atomic mass is 10.2. The number of benzene rings is 4. The van der Waals surface area contributed by atoms with Gasteiger partial charge in [0.1, 0.15) is 59.3 Å². The largest absolute Gasteiger partial charge is 0.489 e. The second-order valence-electron chi connectivity index (χ2n) is 8.65. The van der Waals surface area contributed by atoms with Gasteiger partial charge >= 0.3 is 0 Å². The van der Waals surface area contributed by atoms with Crippen LogP contribution in [-0.4, -0.2) is 37.4 Å². The fourth-order valence-electron chi connectivity index (χ4n) is 3.99. The minimum atomic E-state index is -0.655. The van der Waals surface area contributed by atoms with Crippen molar-refractivity contribution in [3.8, 4) is 23.0 Å². The zero-order valence-electron chi connectivity index (χ0n) is 21.3. The predicted octanol–water partition coefficient (Wildman–Crippen LogP) is 7.18. The first-order chi connectivity index (χ1) is 19.2. The van der Waals surface area contributed by atoms with Gasteiger partial charge in [0.05, 0.1) is 6.01 Å². The van der Waals surface area contributed by atoms with E-state index in [4.69, 9.17) is 24.4 Å². The van der Waals surface area contributed by atoms with E-state index < -0.39 is 12.2 Å². The molecule has 8 nitrogen and oxygen atoms in total. The number of hydrogen-bond acceptors (Lipinski definition) is 8. The standard InChI is InChI=1S/C31H26N4O4/c1-22-10-2-6-14-26(22)36-18-30(38-28-16-8-4-12-24(28)33-20-32)31-19-37-27-15-7-3-11-23(27)34-21-35-25-13-5-9-17-29(25)39-31/h2-17,30-32H,18-19H2,1H3. The molecule has 2 atom stereocenters. The van der Waals surface area contributed by atoms with E-state index in [9.17, 15) is 0 Å². The molecule has 39 heavy (non-hydrogen) atoms. The molecule has 0 fully saturated rings. The van der Waals surface area contributed by atoms with E-state index in [1.807, 2.05) is 91.9 Å². The van der Waals surface area contributed by atoms with Crippen molar-refractivity contribution in [2.24, 2.45) is 15.0 Å². The molecule has 4 aromatic rings. The summed E-state index contributed by atoms with van der Waals surface area (Å²) in [4.78, 5) is 12.8. The van der Waals surface area contributed by atoms with Crippen molar-refractivity contribution in [1.29, 1.82) is 5.41 Å². The van der Waals surface area contributed by atoms with Crippen LogP contribution in [0.1, 0.15) is 5.56 Å². The first-order valence-electron chi connectivity index (χ1n) is 12.4. The van der Waals surface area contributed by atoms with Crippen LogP contribution in [0.5, 0.6) is 23.0 Å². The Labute approximate surface area is 226 Å². The molecule has 0 spiro atoms. The van der Waals surface area contributed by atoms with Crippen LogP contribution in [0.25, 0.3) is 0 Å². The SMILES string of the molecule is Cc1ccccc1OCC(Oc1ccccc1N=C=N)C1COc2ccccc2N=C=Nc2ccccc2O1. The Morgan fingerprint density at radius 2 is 1.54 bits per heavy atom. The summed E-state index contributed by atoms with van der Waals surface area (Å²) in [6, 6.07) is 34.6. The Morgan fingerprint density at radius 3 is 2.31 bits per heavy atom. The Bertz CT molecular complexity index is 1560. The normalized spacial score (nSPS) is 14.7. The third-order valence-electron chi connectivity index (χ3n) is 5.98. The van der Waals surface area contributed by atoms with E-state index in [1.54, 1.807) is 12.1 Å². The molecule has 5 rings (SSSR count). The highest BCUT2D eigenvalue weighted by Gasteiger charge is 2.30. The molecule has 0 amide bonds. The van der Waals surface area contributed by atoms with E-state index in [-0.39, 0.29) is 13.2 Å². The van der Waals surface area contributed by atoms with Gasteiger partial charge in [0.25, 0.3) is 0 Å². The number of nitrogens with one attached hydrogen (secondary N) is 1. The number of nitrogens with zero attached hydrogens (tertiary/aromatic N) is 3. The summed E-state index contributed by atoms with van der Waals surface area (Å²) in [7, 11) is 0. The summed E-state index contributed by atoms with van der Waals surface area (Å²) < 4.78 is 25.4. The van der Waals surface area contributed by atoms with Gasteiger partial charge in [0, 0.05) is 0 Å². The molecule has 194 valence electrons. The lowest BCUT2D eigenvalue weighted by Crippen LogP contribution is -2.44. The molecule has 2 unspecified atom stereocenters. The molecule has 0 saturated carbocycles. The van der Waals surface area contributed by atoms with Crippen LogP contribution >= 0.6 is 0 Å². The van der Waals surface area contributed by atoms with Crippen molar-refractivity contribution in [2.45, 2.75) is 19.1 Å². The topological polar surface area (TPSA) is 97.9 Å². The lowest BCUT2D eigenvalue weighted by molar-refractivity contribution is -0.000276. The molecule has 0 bridgehead atoms. The van der Waals surface area contributed by atoms with Crippen molar-refractivity contribution in [3.05, 3.63) is 103 Å². The van der Waals surface area contributed by atoms with Crippen LogP contribution in [0.3, 0.4) is 0 Å². The van der Waals surface area contributed by atoms with Gasteiger partial charge in [-0.25, -0.2) is 5.41 Å². The molecule has 0 radical (unpaired) electrons. The highest BCUT2D eigenvalue weighted by molar-refractivity contribution is 5.64. The molecule has 0 saturated heterocycles. The van der Waals surface area contributed by atoms with E-state index in [2.05, 4.69) is 27.0 Å². The van der Waals surface area contributed by atoms with Gasteiger partial charge in [0.2, 0.25) is 0 Å². The zero-order chi connectivity index (χ0) is 26.9. The fraction of sp³-hybridized carbons (Fsp3) is 0.161. The molecule has 8 heteroatoms. The molecule has 1 aliphatic rings. The molecule has 0 aromatic heterocycles. The van der Waals surface area contributed by atoms with Crippen LogP contribution in [0, 0.1) is 12.3 Å². The Balaban J connectivity index is 1.54. The smallest absolute Gasteiger partial charge is 0.173 e. The van der Waals surface area contributed by atoms with Crippen molar-refractivity contribution in [3.63, 3.8) is 0 Å². The third-order valence-corrected chi connectivity index (χ3v) is 5.98. The Hall–Kier alpha value is -5.16. The molecule has 0 aliphatic carbocycles. The van der Waals surface area contributed by atoms with Gasteiger partial charge in [-0.3, -0.25) is 0 Å². The third kappa shape index (κ3) is 6.40. The lowest BCUT2D eigenvalue weighted by Gasteiger charge is -2.29. The monoisotopic (exact) mass is 518 g/mol. The summed E-state index contributed by atoms with van der Waals surface area (Å²) in [5.41, 5.74) is 2.63. The van der Waals surface area contributed by atoms with Crippen LogP contribution in [-0.2, 0) is 0 Å². The van der Waals surface area contributed by atoms with Crippen LogP contribution in [0.4, 0.5) is 17.1 Å². The van der Waals surface area contributed by atoms with E-state index in [1.165, 1.54) is 0 Å². The van der Waals surface area contributed by atoms with Gasteiger partial charge in [-0.15, -0.1) is 0 Å². The maximum atomic E-state index is 7.33. The average molecular weight is 519 g/mol. The van der Waals surface area contributed by atoms with Crippen LogP contribution in [0.2, 0.25) is 0 Å². The van der Waals surface area contributed by atoms with Crippen LogP contribution < -0.4 is 18.9 Å². The van der Waals surface area contributed by atoms with Gasteiger partial charge in [-0.05, 0) is 55.0 Å². The summed E-state index contributed by atoms with van der Waals surface area (Å²) in [6.45, 7) is 2.25. The number of hydrogen-bond donors (Lipinski definition) is 1. The van der Waals surface area contributed by atoms with E-state index in [0.717, 1.165) is 11.3 Å². The fourth-order valence-corrected chi connectivity index (χ4v) is 3.99. The number of aliphatic imine (C=N–C) groups is 3. The number of rotatable bonds is 7. The molecule has 1 heterocycles. The minimum Gasteiger partial charge on any atom is -0.489 e. The van der Waals surface area contributed by atoms with Gasteiger partial charge in [-0.1, -0.05) is 54.6 Å². The molecular formula is C31H26N4O4. The van der Waals surface area contributed by atoms with Gasteiger partial charge < -0.3 is 18.9 Å². The second kappa shape index (κ2) is 12.4. The zero-order valence-corrected chi connectivity index (χ0v) is 21.3. The minimum absolute atomic E-state index is 0.124. The number of ether oxygens (including phenoxy) is 4. The second-order valence-corrected chi connectivity index (χ2v) is 8.65. The van der Waals surface area contributed by atoms with Gasteiger partial charge in [-0.2, -0.15) is 15.0 Å². The van der Waals surface area contributed by atoms with E-state index in [0.29, 0.717) is 34.3 Å². The van der Waals surface area contributed by atoms with E-state index >= 15 is 0 Å². The summed E-state index contributed by atoms with van der Waals surface area (Å²) in [5.74, 6) is 2.28. The maximum Gasteiger partial charge on any atom is 0.173 e. The first kappa shape index (κ1) is 25.5. The quantitative estimate of drug-likeness (QED) is 0.262. The van der Waals surface area contributed by atoms with Gasteiger partial charge in [0.15, 0.2) is 12.2 Å². The molecule has 4 aromatic carbocycles. The Kier molecular flexibility index (Phi) is 8.10. The number of fused-ring (bicyclic) bond motifs is 2. The molecular weight excluding hydrogens is 492 g/mol. The number of para-hydroxylation sites is 7. The summed E-state index contributed by atoms with van der Waals surface area (Å²) >= 11 is 0. The Morgan fingerprint density at radius 1 is 0.897 bits per heavy atom. The highest BCUT2D eigenvalue weighted by Crippen LogP contribution is 2.33. The summed E-state index contributed by atoms with van der Waals surface area (Å²) in [6.07, 6.45) is -1.30. The number of aryl methyl sites for hydroxylation is 1. The maximum absolute atomic E-state index is 7.33. The first-order valence-corrected chi connectivity index (χ1v) is 12.4. The van der Waals surface area contributed by atoms with Crippen molar-refractivity contribution in [1.82, 2.24) is 0 Å². The van der Waals surface area contributed by atoms with Crippen LogP contribution in [0.15, 0.2) is 112 Å². The van der Waals surface area contributed by atoms with Crippen molar-refractivity contribution < 1.29 is 18.9 Å². The molecule has 1 N–H and O–H groups in total. The van der Waals surface area contributed by atoms with Crippen molar-refractivity contribution in [2.75, 3.05) is 13.2 Å². The predicted molar refractivity (Wildman–Crippen MR) is 149 cm³/mol. The van der Waals surface area contributed by atoms with Crippen molar-refractivity contribution >= 4 is 29.1 Å². The highest BCUT2D eigenvalue weighted by atomic mass is 16.6. The summed E-state index contributed by atoms with van der Waals surface area (Å²) in [5, 5.41) is 7.33.